The van der Waals surface area contributed by atoms with Crippen LogP contribution in [0.4, 0.5) is 38.0 Å². The molecule has 0 saturated carbocycles. The Kier molecular flexibility index (Phi) is 6.58. The molecule has 8 nitrogen and oxygen atoms in total. The van der Waals surface area contributed by atoms with Crippen molar-refractivity contribution in [2.24, 2.45) is 0 Å². The van der Waals surface area contributed by atoms with E-state index in [-0.39, 0.29) is 77.3 Å². The maximum atomic E-state index is 16.9. The standard InChI is InChI=1S/C32H33F6N7O/c1-14-8-19-18-5-4-17(40-18)12-45(19)29-22-21(14)25(34)23(27-24(32(36,37)38)15(2)9-20(39)41-27)26(35)28(22)42-30(43-29)46-13-31-6-3-7-44(31)11-16(33)10-31/h9,16-19,40H,1,3-8,10-13H2,2H3,(H2,39,41)/t16-,17+,18-,19+,31+/m1/s1. The van der Waals surface area contributed by atoms with Gasteiger partial charge in [-0.2, -0.15) is 23.1 Å². The molecule has 0 aliphatic carbocycles. The van der Waals surface area contributed by atoms with Crippen molar-refractivity contribution in [1.82, 2.24) is 25.2 Å². The predicted octanol–water partition coefficient (Wildman–Crippen LogP) is 5.56. The number of rotatable bonds is 4. The first kappa shape index (κ1) is 29.7. The number of aryl methyl sites for hydroxylation is 1. The first-order valence-corrected chi connectivity index (χ1v) is 15.6. The summed E-state index contributed by atoms with van der Waals surface area (Å²) < 4.78 is 97.5. The molecule has 5 aliphatic rings. The molecule has 1 aromatic carbocycles. The van der Waals surface area contributed by atoms with Crippen LogP contribution < -0.4 is 20.7 Å². The van der Waals surface area contributed by atoms with Gasteiger partial charge in [-0.05, 0) is 62.8 Å². The Hall–Kier alpha value is -3.65. The van der Waals surface area contributed by atoms with Crippen molar-refractivity contribution in [2.75, 3.05) is 36.9 Å². The highest BCUT2D eigenvalue weighted by Crippen LogP contribution is 2.49. The van der Waals surface area contributed by atoms with Crippen LogP contribution in [0.15, 0.2) is 12.6 Å². The van der Waals surface area contributed by atoms with Crippen LogP contribution in [-0.2, 0) is 6.18 Å². The lowest BCUT2D eigenvalue weighted by Gasteiger charge is -2.41. The number of fused-ring (bicyclic) bond motifs is 6. The van der Waals surface area contributed by atoms with Gasteiger partial charge in [0.2, 0.25) is 0 Å². The molecule has 5 atom stereocenters. The van der Waals surface area contributed by atoms with E-state index in [9.17, 15) is 17.6 Å². The first-order valence-electron chi connectivity index (χ1n) is 15.6. The smallest absolute Gasteiger partial charge is 0.418 e. The topological polar surface area (TPSA) is 92.4 Å². The van der Waals surface area contributed by atoms with E-state index >= 15 is 8.78 Å². The number of aromatic nitrogens is 3. The van der Waals surface area contributed by atoms with Crippen molar-refractivity contribution in [1.29, 1.82) is 0 Å². The Bertz CT molecular complexity index is 1800. The van der Waals surface area contributed by atoms with E-state index in [1.807, 2.05) is 4.90 Å². The fourth-order valence-corrected chi connectivity index (χ4v) is 8.70. The second kappa shape index (κ2) is 10.2. The summed E-state index contributed by atoms with van der Waals surface area (Å²) in [6.45, 7) is 6.90. The van der Waals surface area contributed by atoms with Crippen molar-refractivity contribution >= 4 is 28.1 Å². The average Bonchev–Trinajstić information content (AvgIpc) is 3.61. The minimum absolute atomic E-state index is 0.0209. The number of pyridine rings is 1. The number of ether oxygens (including phenoxy) is 1. The van der Waals surface area contributed by atoms with Crippen molar-refractivity contribution < 1.29 is 31.1 Å². The summed E-state index contributed by atoms with van der Waals surface area (Å²) in [5.74, 6) is -2.64. The molecule has 0 amide bonds. The second-order valence-electron chi connectivity index (χ2n) is 13.5. The van der Waals surface area contributed by atoms with Crippen LogP contribution >= 0.6 is 0 Å². The van der Waals surface area contributed by atoms with Gasteiger partial charge in [-0.15, -0.1) is 0 Å². The zero-order chi connectivity index (χ0) is 32.3. The number of nitrogens with zero attached hydrogens (tertiary/aromatic N) is 5. The number of piperazine rings is 1. The molecule has 4 saturated heterocycles. The van der Waals surface area contributed by atoms with Crippen molar-refractivity contribution in [3.8, 4) is 17.3 Å². The third-order valence-electron chi connectivity index (χ3n) is 10.6. The van der Waals surface area contributed by atoms with Gasteiger partial charge in [0.1, 0.15) is 35.7 Å². The van der Waals surface area contributed by atoms with E-state index in [0.717, 1.165) is 38.8 Å². The van der Waals surface area contributed by atoms with Gasteiger partial charge in [-0.3, -0.25) is 4.90 Å². The summed E-state index contributed by atoms with van der Waals surface area (Å²) in [5.41, 5.74) is 1.45. The molecule has 8 rings (SSSR count). The molecule has 3 aromatic rings. The van der Waals surface area contributed by atoms with Crippen LogP contribution in [0.1, 0.15) is 55.2 Å². The molecule has 5 aliphatic heterocycles. The summed E-state index contributed by atoms with van der Waals surface area (Å²) in [7, 11) is 0. The number of anilines is 2. The monoisotopic (exact) mass is 645 g/mol. The summed E-state index contributed by atoms with van der Waals surface area (Å²) in [5, 5.41) is 3.61. The van der Waals surface area contributed by atoms with Gasteiger partial charge in [-0.1, -0.05) is 6.58 Å². The largest absolute Gasteiger partial charge is 0.461 e. The number of alkyl halides is 4. The van der Waals surface area contributed by atoms with Crippen molar-refractivity contribution in [3.05, 3.63) is 41.0 Å². The second-order valence-corrected chi connectivity index (χ2v) is 13.5. The maximum Gasteiger partial charge on any atom is 0.418 e. The lowest BCUT2D eigenvalue weighted by Crippen LogP contribution is -2.58. The molecule has 0 unspecified atom stereocenters. The normalized spacial score (nSPS) is 28.9. The predicted molar refractivity (Wildman–Crippen MR) is 160 cm³/mol. The maximum absolute atomic E-state index is 16.9. The number of nitrogens with two attached hydrogens (primary N) is 1. The molecule has 0 spiro atoms. The van der Waals surface area contributed by atoms with Gasteiger partial charge in [0.15, 0.2) is 5.82 Å². The number of hydrogen-bond donors (Lipinski definition) is 2. The van der Waals surface area contributed by atoms with Gasteiger partial charge >= 0.3 is 12.2 Å². The molecule has 3 N–H and O–H groups in total. The molecule has 46 heavy (non-hydrogen) atoms. The summed E-state index contributed by atoms with van der Waals surface area (Å²) in [4.78, 5) is 17.0. The summed E-state index contributed by atoms with van der Waals surface area (Å²) in [6, 6.07) is 0.727. The fourth-order valence-electron chi connectivity index (χ4n) is 8.70. The van der Waals surface area contributed by atoms with Gasteiger partial charge in [0.25, 0.3) is 0 Å². The minimum Gasteiger partial charge on any atom is -0.461 e. The fraction of sp³-hybridized carbons (Fsp3) is 0.531. The minimum atomic E-state index is -4.99. The molecule has 7 heterocycles. The van der Waals surface area contributed by atoms with E-state index in [0.29, 0.717) is 19.5 Å². The Morgan fingerprint density at radius 3 is 2.72 bits per heavy atom. The van der Waals surface area contributed by atoms with Gasteiger partial charge in [0.05, 0.1) is 27.7 Å². The third-order valence-corrected chi connectivity index (χ3v) is 10.6. The Balaban J connectivity index is 1.36. The van der Waals surface area contributed by atoms with E-state index in [4.69, 9.17) is 15.5 Å². The van der Waals surface area contributed by atoms with Crippen LogP contribution in [0.3, 0.4) is 0 Å². The first-order chi connectivity index (χ1) is 21.8. The number of halogens is 6. The highest BCUT2D eigenvalue weighted by atomic mass is 19.4. The molecule has 244 valence electrons. The van der Waals surface area contributed by atoms with Gasteiger partial charge < -0.3 is 20.7 Å². The Morgan fingerprint density at radius 2 is 1.93 bits per heavy atom. The molecule has 14 heteroatoms. The van der Waals surface area contributed by atoms with E-state index in [1.165, 1.54) is 0 Å². The van der Waals surface area contributed by atoms with Crippen LogP contribution in [0, 0.1) is 18.6 Å². The van der Waals surface area contributed by atoms with Crippen LogP contribution in [0.25, 0.3) is 27.7 Å². The van der Waals surface area contributed by atoms with E-state index < -0.39 is 51.9 Å². The van der Waals surface area contributed by atoms with Gasteiger partial charge in [0, 0.05) is 43.2 Å². The van der Waals surface area contributed by atoms with E-state index in [2.05, 4.69) is 26.8 Å². The number of benzene rings is 1. The highest BCUT2D eigenvalue weighted by Gasteiger charge is 2.50. The molecular weight excluding hydrogens is 612 g/mol. The van der Waals surface area contributed by atoms with Crippen molar-refractivity contribution in [3.63, 3.8) is 0 Å². The quantitative estimate of drug-likeness (QED) is 0.357. The molecule has 2 bridgehead atoms. The lowest BCUT2D eigenvalue weighted by molar-refractivity contribution is -0.137. The molecule has 0 radical (unpaired) electrons. The van der Waals surface area contributed by atoms with Crippen LogP contribution in [0.2, 0.25) is 0 Å². The number of nitrogen functional groups attached to an aromatic ring is 1. The third kappa shape index (κ3) is 4.39. The van der Waals surface area contributed by atoms with Crippen molar-refractivity contribution in [2.45, 2.75) is 81.5 Å². The lowest BCUT2D eigenvalue weighted by atomic mass is 9.90. The molecule has 4 fully saturated rings. The van der Waals surface area contributed by atoms with Crippen LogP contribution in [0.5, 0.6) is 6.01 Å². The SMILES string of the molecule is C=C1C[C@H]2[C@H]3CC[C@@H](CN2c2nc(OC[C@@]45CCCN4C[C@H](F)C5)nc4c(F)c(-c5nc(N)cc(C)c5C(F)(F)F)c(F)c1c24)N3. The summed E-state index contributed by atoms with van der Waals surface area (Å²) in [6.07, 6.45) is -2.08. The zero-order valence-corrected chi connectivity index (χ0v) is 25.2. The zero-order valence-electron chi connectivity index (χ0n) is 25.2. The number of hydrogen-bond acceptors (Lipinski definition) is 8. The number of nitrogens with one attached hydrogen (secondary N) is 1. The van der Waals surface area contributed by atoms with E-state index in [1.54, 1.807) is 0 Å². The van der Waals surface area contributed by atoms with Gasteiger partial charge in [-0.25, -0.2) is 18.2 Å². The summed E-state index contributed by atoms with van der Waals surface area (Å²) >= 11 is 0. The average molecular weight is 646 g/mol. The highest BCUT2D eigenvalue weighted by molar-refractivity contribution is 6.03. The molecule has 2 aromatic heterocycles. The Morgan fingerprint density at radius 1 is 1.13 bits per heavy atom. The Labute approximate surface area is 261 Å². The van der Waals surface area contributed by atoms with Crippen LogP contribution in [-0.4, -0.2) is 75.9 Å². The molecular formula is C32H33F6N7O.